The summed E-state index contributed by atoms with van der Waals surface area (Å²) in [5.74, 6) is 0.661. The number of hydrogen-bond acceptors (Lipinski definition) is 4. The first kappa shape index (κ1) is 16.5. The average Bonchev–Trinajstić information content (AvgIpc) is 2.91. The highest BCUT2D eigenvalue weighted by atomic mass is 35.5. The number of carbonyl (C=O) groups is 1. The Kier molecular flexibility index (Phi) is 5.07. The highest BCUT2D eigenvalue weighted by molar-refractivity contribution is 7.20. The Morgan fingerprint density at radius 3 is 2.83 bits per heavy atom. The van der Waals surface area contributed by atoms with Crippen LogP contribution in [0, 0.1) is 5.92 Å². The van der Waals surface area contributed by atoms with E-state index in [9.17, 15) is 4.79 Å². The molecule has 1 amide bonds. The van der Waals surface area contributed by atoms with E-state index in [1.54, 1.807) is 0 Å². The maximum Gasteiger partial charge on any atom is 0.274 e. The first-order valence-electron chi connectivity index (χ1n) is 8.02. The van der Waals surface area contributed by atoms with Crippen molar-refractivity contribution >= 4 is 39.1 Å². The zero-order valence-corrected chi connectivity index (χ0v) is 15.0. The molecule has 0 N–H and O–H groups in total. The number of hydrogen-bond donors (Lipinski definition) is 0. The minimum Gasteiger partial charge on any atom is -0.467 e. The minimum absolute atomic E-state index is 0.123. The fourth-order valence-corrected chi connectivity index (χ4v) is 3.97. The summed E-state index contributed by atoms with van der Waals surface area (Å²) in [7, 11) is 0. The quantitative estimate of drug-likeness (QED) is 0.820. The third-order valence-corrected chi connectivity index (χ3v) is 5.21. The molecule has 23 heavy (non-hydrogen) atoms. The van der Waals surface area contributed by atoms with Gasteiger partial charge in [-0.05, 0) is 18.1 Å². The highest BCUT2D eigenvalue weighted by Crippen LogP contribution is 2.33. The van der Waals surface area contributed by atoms with Gasteiger partial charge in [-0.2, -0.15) is 0 Å². The fraction of sp³-hybridized carbons (Fsp3) is 0.529. The number of ether oxygens (including phenoxy) is 1. The van der Waals surface area contributed by atoms with E-state index >= 15 is 0 Å². The molecule has 1 saturated heterocycles. The number of halogens is 1. The Balaban J connectivity index is 1.58. The van der Waals surface area contributed by atoms with Crippen LogP contribution in [0.4, 0.5) is 0 Å². The lowest BCUT2D eigenvalue weighted by atomic mass is 10.1. The van der Waals surface area contributed by atoms with Gasteiger partial charge in [-0.1, -0.05) is 42.9 Å². The topological polar surface area (TPSA) is 42.4 Å². The van der Waals surface area contributed by atoms with Gasteiger partial charge in [-0.15, -0.1) is 0 Å². The summed E-state index contributed by atoms with van der Waals surface area (Å²) in [6.45, 7) is 5.68. The van der Waals surface area contributed by atoms with E-state index in [-0.39, 0.29) is 12.0 Å². The normalized spacial score (nSPS) is 16.3. The zero-order chi connectivity index (χ0) is 16.4. The Morgan fingerprint density at radius 2 is 2.17 bits per heavy atom. The fourth-order valence-electron chi connectivity index (χ4n) is 2.79. The van der Waals surface area contributed by atoms with Crippen LogP contribution in [0.5, 0.6) is 5.19 Å². The van der Waals surface area contributed by atoms with E-state index < -0.39 is 0 Å². The van der Waals surface area contributed by atoms with Gasteiger partial charge in [0.25, 0.3) is 5.19 Å². The van der Waals surface area contributed by atoms with Gasteiger partial charge in [0.05, 0.1) is 9.72 Å². The van der Waals surface area contributed by atoms with E-state index in [1.165, 1.54) is 11.3 Å². The van der Waals surface area contributed by atoms with E-state index in [1.807, 2.05) is 23.1 Å². The number of aromatic nitrogens is 1. The monoisotopic (exact) mass is 352 g/mol. The third-order valence-electron chi connectivity index (χ3n) is 4.00. The minimum atomic E-state index is 0.123. The molecule has 1 aromatic heterocycles. The van der Waals surface area contributed by atoms with Crippen LogP contribution in [0.15, 0.2) is 18.2 Å². The van der Waals surface area contributed by atoms with Gasteiger partial charge in [-0.25, -0.2) is 4.98 Å². The number of thiazole rings is 1. The maximum absolute atomic E-state index is 12.1. The molecule has 1 aliphatic rings. The number of nitrogens with zero attached hydrogens (tertiary/aromatic N) is 2. The van der Waals surface area contributed by atoms with Crippen LogP contribution in [-0.4, -0.2) is 35.0 Å². The second kappa shape index (κ2) is 7.05. The van der Waals surface area contributed by atoms with Crippen LogP contribution in [0.25, 0.3) is 10.2 Å². The number of fused-ring (bicyclic) bond motifs is 1. The molecule has 1 aliphatic heterocycles. The number of benzene rings is 1. The molecule has 6 heteroatoms. The summed E-state index contributed by atoms with van der Waals surface area (Å²) in [6.07, 6.45) is 2.46. The van der Waals surface area contributed by atoms with Gasteiger partial charge < -0.3 is 9.64 Å². The summed E-state index contributed by atoms with van der Waals surface area (Å²) >= 11 is 7.68. The Bertz CT molecular complexity index is 693. The number of piperidine rings is 1. The molecule has 124 valence electrons. The van der Waals surface area contributed by atoms with Gasteiger partial charge in [0.1, 0.15) is 11.6 Å². The largest absolute Gasteiger partial charge is 0.467 e. The van der Waals surface area contributed by atoms with Crippen LogP contribution in [-0.2, 0) is 4.79 Å². The molecule has 0 aliphatic carbocycles. The summed E-state index contributed by atoms with van der Waals surface area (Å²) in [6, 6.07) is 5.76. The second-order valence-electron chi connectivity index (χ2n) is 6.36. The van der Waals surface area contributed by atoms with Gasteiger partial charge in [0, 0.05) is 32.4 Å². The first-order chi connectivity index (χ1) is 11.0. The standard InChI is InChI=1S/C17H21ClN2O2S/c1-11(2)10-15(21)20-8-6-12(7-9-20)22-17-19-16-13(18)4-3-5-14(16)23-17/h3-5,11-12H,6-10H2,1-2H3. The molecule has 0 bridgehead atoms. The summed E-state index contributed by atoms with van der Waals surface area (Å²) in [5, 5.41) is 1.32. The Labute approximate surface area is 145 Å². The number of para-hydroxylation sites is 1. The lowest BCUT2D eigenvalue weighted by Crippen LogP contribution is -2.42. The number of amides is 1. The predicted octanol–water partition coefficient (Wildman–Crippen LogP) is 4.37. The van der Waals surface area contributed by atoms with Crippen LogP contribution in [0.3, 0.4) is 0 Å². The Morgan fingerprint density at radius 1 is 1.43 bits per heavy atom. The van der Waals surface area contributed by atoms with Crippen molar-refractivity contribution in [2.75, 3.05) is 13.1 Å². The summed E-state index contributed by atoms with van der Waals surface area (Å²) in [4.78, 5) is 18.5. The van der Waals surface area contributed by atoms with E-state index in [4.69, 9.17) is 16.3 Å². The molecule has 0 saturated carbocycles. The molecular weight excluding hydrogens is 332 g/mol. The molecule has 3 rings (SSSR count). The second-order valence-corrected chi connectivity index (χ2v) is 7.76. The van der Waals surface area contributed by atoms with Crippen LogP contribution >= 0.6 is 22.9 Å². The summed E-state index contributed by atoms with van der Waals surface area (Å²) in [5.41, 5.74) is 0.804. The average molecular weight is 353 g/mol. The van der Waals surface area contributed by atoms with Crippen molar-refractivity contribution in [1.29, 1.82) is 0 Å². The molecule has 1 aromatic carbocycles. The number of likely N-dealkylation sites (tertiary alicyclic amines) is 1. The molecule has 0 spiro atoms. The van der Waals surface area contributed by atoms with Crippen molar-refractivity contribution in [2.45, 2.75) is 39.2 Å². The van der Waals surface area contributed by atoms with Gasteiger partial charge in [0.2, 0.25) is 5.91 Å². The smallest absolute Gasteiger partial charge is 0.274 e. The molecule has 0 atom stereocenters. The van der Waals surface area contributed by atoms with Crippen molar-refractivity contribution in [3.05, 3.63) is 23.2 Å². The SMILES string of the molecule is CC(C)CC(=O)N1CCC(Oc2nc3c(Cl)cccc3s2)CC1. The lowest BCUT2D eigenvalue weighted by Gasteiger charge is -2.32. The zero-order valence-electron chi connectivity index (χ0n) is 13.4. The molecule has 2 aromatic rings. The first-order valence-corrected chi connectivity index (χ1v) is 9.22. The van der Waals surface area contributed by atoms with Gasteiger partial charge in [-0.3, -0.25) is 4.79 Å². The molecule has 4 nitrogen and oxygen atoms in total. The number of carbonyl (C=O) groups excluding carboxylic acids is 1. The maximum atomic E-state index is 12.1. The molecule has 2 heterocycles. The van der Waals surface area contributed by atoms with E-state index in [0.717, 1.165) is 36.1 Å². The predicted molar refractivity (Wildman–Crippen MR) is 94.3 cm³/mol. The van der Waals surface area contributed by atoms with Gasteiger partial charge in [0.15, 0.2) is 0 Å². The molecule has 1 fully saturated rings. The highest BCUT2D eigenvalue weighted by Gasteiger charge is 2.25. The Hall–Kier alpha value is -1.33. The number of rotatable bonds is 4. The molecule has 0 unspecified atom stereocenters. The van der Waals surface area contributed by atoms with Crippen molar-refractivity contribution in [3.63, 3.8) is 0 Å². The van der Waals surface area contributed by atoms with Crippen LogP contribution in [0.1, 0.15) is 33.1 Å². The molecule has 0 radical (unpaired) electrons. The van der Waals surface area contributed by atoms with Crippen molar-refractivity contribution in [2.24, 2.45) is 5.92 Å². The van der Waals surface area contributed by atoms with Crippen LogP contribution in [0.2, 0.25) is 5.02 Å². The third kappa shape index (κ3) is 3.96. The molecular formula is C17H21ClN2O2S. The van der Waals surface area contributed by atoms with Crippen molar-refractivity contribution < 1.29 is 9.53 Å². The van der Waals surface area contributed by atoms with Crippen molar-refractivity contribution in [3.8, 4) is 5.19 Å². The summed E-state index contributed by atoms with van der Waals surface area (Å²) < 4.78 is 7.05. The van der Waals surface area contributed by atoms with E-state index in [2.05, 4.69) is 18.8 Å². The van der Waals surface area contributed by atoms with Crippen molar-refractivity contribution in [1.82, 2.24) is 9.88 Å². The lowest BCUT2D eigenvalue weighted by molar-refractivity contribution is -0.133. The van der Waals surface area contributed by atoms with E-state index in [0.29, 0.717) is 22.6 Å². The van der Waals surface area contributed by atoms with Gasteiger partial charge >= 0.3 is 0 Å². The van der Waals surface area contributed by atoms with Crippen LogP contribution < -0.4 is 4.74 Å².